The molecular weight excluding hydrogens is 252 g/mol. The third-order valence-corrected chi connectivity index (χ3v) is 2.85. The first kappa shape index (κ1) is 12.0. The summed E-state index contributed by atoms with van der Waals surface area (Å²) >= 11 is 0. The van der Waals surface area contributed by atoms with Gasteiger partial charge in [-0.15, -0.1) is 0 Å². The lowest BCUT2D eigenvalue weighted by molar-refractivity contribution is 0.446. The summed E-state index contributed by atoms with van der Waals surface area (Å²) in [5.41, 5.74) is 1.20. The molecule has 0 amide bonds. The monoisotopic (exact) mass is 262 g/mol. The smallest absolute Gasteiger partial charge is 0.221 e. The van der Waals surface area contributed by atoms with Gasteiger partial charge >= 0.3 is 0 Å². The molecule has 96 valence electrons. The van der Waals surface area contributed by atoms with E-state index >= 15 is 0 Å². The first-order valence-corrected chi connectivity index (χ1v) is 6.03. The van der Waals surface area contributed by atoms with E-state index < -0.39 is 0 Å². The minimum absolute atomic E-state index is 0.115. The lowest BCUT2D eigenvalue weighted by atomic mass is 10.1. The zero-order valence-corrected chi connectivity index (χ0v) is 10.4. The Balaban J connectivity index is 2.06. The molecule has 1 aromatic heterocycles. The van der Waals surface area contributed by atoms with Crippen molar-refractivity contribution >= 4 is 10.9 Å². The molecule has 20 heavy (non-hydrogen) atoms. The molecular formula is C16H10N2O2. The van der Waals surface area contributed by atoms with Crippen LogP contribution in [0.4, 0.5) is 0 Å². The highest BCUT2D eigenvalue weighted by Crippen LogP contribution is 2.27. The minimum Gasteiger partial charge on any atom is -0.508 e. The molecule has 0 saturated heterocycles. The van der Waals surface area contributed by atoms with Crippen LogP contribution in [0.2, 0.25) is 0 Å². The second-order valence-electron chi connectivity index (χ2n) is 4.24. The van der Waals surface area contributed by atoms with Crippen molar-refractivity contribution in [1.29, 1.82) is 5.26 Å². The zero-order chi connectivity index (χ0) is 13.9. The lowest BCUT2D eigenvalue weighted by Gasteiger charge is -2.07. The number of pyridine rings is 1. The molecule has 2 aromatic carbocycles. The van der Waals surface area contributed by atoms with Crippen molar-refractivity contribution in [1.82, 2.24) is 4.98 Å². The fourth-order valence-electron chi connectivity index (χ4n) is 1.96. The van der Waals surface area contributed by atoms with Gasteiger partial charge in [0.15, 0.2) is 0 Å². The average Bonchev–Trinajstić information content (AvgIpc) is 2.46. The van der Waals surface area contributed by atoms with Gasteiger partial charge in [0, 0.05) is 17.5 Å². The number of para-hydroxylation sites is 1. The number of benzene rings is 2. The molecule has 1 heterocycles. The summed E-state index contributed by atoms with van der Waals surface area (Å²) in [6.07, 6.45) is 0. The third kappa shape index (κ3) is 2.25. The van der Waals surface area contributed by atoms with Crippen molar-refractivity contribution in [2.45, 2.75) is 0 Å². The van der Waals surface area contributed by atoms with Gasteiger partial charge in [0.05, 0.1) is 11.1 Å². The molecule has 0 atom stereocenters. The van der Waals surface area contributed by atoms with Gasteiger partial charge in [-0.2, -0.15) is 5.26 Å². The quantitative estimate of drug-likeness (QED) is 0.766. The van der Waals surface area contributed by atoms with E-state index in [0.717, 1.165) is 5.39 Å². The van der Waals surface area contributed by atoms with Crippen LogP contribution in [0.3, 0.4) is 0 Å². The molecule has 4 nitrogen and oxygen atoms in total. The number of ether oxygens (including phenoxy) is 1. The number of phenolic OH excluding ortho intramolecular Hbond substituents is 1. The molecule has 0 radical (unpaired) electrons. The highest BCUT2D eigenvalue weighted by atomic mass is 16.5. The van der Waals surface area contributed by atoms with E-state index in [4.69, 9.17) is 4.74 Å². The summed E-state index contributed by atoms with van der Waals surface area (Å²) in [5.74, 6) is 0.909. The lowest BCUT2D eigenvalue weighted by Crippen LogP contribution is -1.91. The van der Waals surface area contributed by atoms with Crippen LogP contribution in [0.5, 0.6) is 17.4 Å². The van der Waals surface area contributed by atoms with Gasteiger partial charge in [-0.3, -0.25) is 0 Å². The van der Waals surface area contributed by atoms with Crippen LogP contribution in [-0.2, 0) is 0 Å². The zero-order valence-electron chi connectivity index (χ0n) is 10.4. The SMILES string of the molecule is N#Cc1cc(Oc2cccc(O)c2)nc2ccccc12. The summed E-state index contributed by atoms with van der Waals surface area (Å²) in [7, 11) is 0. The summed E-state index contributed by atoms with van der Waals surface area (Å²) in [5, 5.41) is 19.4. The first-order chi connectivity index (χ1) is 9.76. The normalized spacial score (nSPS) is 10.2. The van der Waals surface area contributed by atoms with Crippen molar-refractivity contribution in [3.63, 3.8) is 0 Å². The van der Waals surface area contributed by atoms with Crippen molar-refractivity contribution < 1.29 is 9.84 Å². The van der Waals surface area contributed by atoms with Gasteiger partial charge < -0.3 is 9.84 Å². The van der Waals surface area contributed by atoms with Crippen molar-refractivity contribution in [2.24, 2.45) is 0 Å². The Morgan fingerprint density at radius 1 is 1.05 bits per heavy atom. The van der Waals surface area contributed by atoms with E-state index in [0.29, 0.717) is 22.7 Å². The van der Waals surface area contributed by atoms with E-state index in [1.807, 2.05) is 24.3 Å². The molecule has 0 aliphatic carbocycles. The van der Waals surface area contributed by atoms with Crippen LogP contribution in [-0.4, -0.2) is 10.1 Å². The molecule has 0 unspecified atom stereocenters. The molecule has 1 N–H and O–H groups in total. The Labute approximate surface area is 115 Å². The number of rotatable bonds is 2. The summed E-state index contributed by atoms with van der Waals surface area (Å²) in [6.45, 7) is 0. The van der Waals surface area contributed by atoms with Gasteiger partial charge in [-0.1, -0.05) is 24.3 Å². The molecule has 0 spiro atoms. The Hall–Kier alpha value is -3.06. The van der Waals surface area contributed by atoms with Crippen LogP contribution >= 0.6 is 0 Å². The van der Waals surface area contributed by atoms with Gasteiger partial charge in [-0.25, -0.2) is 4.98 Å². The van der Waals surface area contributed by atoms with Crippen molar-refractivity contribution in [3.8, 4) is 23.4 Å². The Morgan fingerprint density at radius 3 is 2.70 bits per heavy atom. The first-order valence-electron chi connectivity index (χ1n) is 6.03. The highest BCUT2D eigenvalue weighted by Gasteiger charge is 2.07. The topological polar surface area (TPSA) is 66.1 Å². The number of hydrogen-bond donors (Lipinski definition) is 1. The van der Waals surface area contributed by atoms with Crippen molar-refractivity contribution in [2.75, 3.05) is 0 Å². The predicted molar refractivity (Wildman–Crippen MR) is 74.6 cm³/mol. The Kier molecular flexibility index (Phi) is 2.94. The maximum Gasteiger partial charge on any atom is 0.221 e. The molecule has 0 fully saturated rings. The fourth-order valence-corrected chi connectivity index (χ4v) is 1.96. The molecule has 0 aliphatic rings. The van der Waals surface area contributed by atoms with Gasteiger partial charge in [0.2, 0.25) is 5.88 Å². The van der Waals surface area contributed by atoms with E-state index in [9.17, 15) is 10.4 Å². The summed E-state index contributed by atoms with van der Waals surface area (Å²) in [4.78, 5) is 4.35. The van der Waals surface area contributed by atoms with E-state index in [1.54, 1.807) is 24.3 Å². The average molecular weight is 262 g/mol. The molecule has 0 bridgehead atoms. The van der Waals surface area contributed by atoms with E-state index in [1.165, 1.54) is 6.07 Å². The summed E-state index contributed by atoms with van der Waals surface area (Å²) < 4.78 is 5.59. The van der Waals surface area contributed by atoms with Gasteiger partial charge in [0.1, 0.15) is 17.6 Å². The number of fused-ring (bicyclic) bond motifs is 1. The minimum atomic E-state index is 0.115. The van der Waals surface area contributed by atoms with Gasteiger partial charge in [0.25, 0.3) is 0 Å². The van der Waals surface area contributed by atoms with E-state index in [2.05, 4.69) is 11.1 Å². The number of aromatic nitrogens is 1. The Bertz CT molecular complexity index is 822. The fraction of sp³-hybridized carbons (Fsp3) is 0. The molecule has 3 rings (SSSR count). The number of aromatic hydroxyl groups is 1. The van der Waals surface area contributed by atoms with Crippen molar-refractivity contribution in [3.05, 3.63) is 60.2 Å². The second kappa shape index (κ2) is 4.90. The standard InChI is InChI=1S/C16H10N2O2/c17-10-11-8-16(18-15-7-2-1-6-14(11)15)20-13-5-3-4-12(19)9-13/h1-9,19H. The largest absolute Gasteiger partial charge is 0.508 e. The van der Waals surface area contributed by atoms with Crippen LogP contribution in [0.15, 0.2) is 54.6 Å². The third-order valence-electron chi connectivity index (χ3n) is 2.85. The maximum atomic E-state index is 9.41. The maximum absolute atomic E-state index is 9.41. The Morgan fingerprint density at radius 2 is 1.90 bits per heavy atom. The molecule has 0 saturated carbocycles. The molecule has 3 aromatic rings. The number of nitriles is 1. The second-order valence-corrected chi connectivity index (χ2v) is 4.24. The highest BCUT2D eigenvalue weighted by molar-refractivity contribution is 5.85. The number of hydrogen-bond acceptors (Lipinski definition) is 4. The van der Waals surface area contributed by atoms with Crippen LogP contribution < -0.4 is 4.74 Å². The predicted octanol–water partition coefficient (Wildman–Crippen LogP) is 3.60. The summed E-state index contributed by atoms with van der Waals surface area (Å²) in [6, 6.07) is 17.6. The molecule has 4 heteroatoms. The van der Waals surface area contributed by atoms with Crippen LogP contribution in [0.25, 0.3) is 10.9 Å². The van der Waals surface area contributed by atoms with E-state index in [-0.39, 0.29) is 5.75 Å². The number of phenols is 1. The van der Waals surface area contributed by atoms with Crippen LogP contribution in [0.1, 0.15) is 5.56 Å². The van der Waals surface area contributed by atoms with Crippen LogP contribution in [0, 0.1) is 11.3 Å². The molecule has 0 aliphatic heterocycles. The van der Waals surface area contributed by atoms with Gasteiger partial charge in [-0.05, 0) is 18.2 Å². The number of nitrogens with zero attached hydrogens (tertiary/aromatic N) is 2.